The van der Waals surface area contributed by atoms with Gasteiger partial charge in [0.05, 0.1) is 5.69 Å². The highest BCUT2D eigenvalue weighted by Crippen LogP contribution is 2.20. The average Bonchev–Trinajstić information content (AvgIpc) is 2.21. The summed E-state index contributed by atoms with van der Waals surface area (Å²) >= 11 is 0. The lowest BCUT2D eigenvalue weighted by Gasteiger charge is -2.06. The van der Waals surface area contributed by atoms with Crippen LogP contribution in [0.4, 0.5) is 0 Å². The van der Waals surface area contributed by atoms with E-state index in [1.54, 1.807) is 12.5 Å². The second kappa shape index (κ2) is 3.30. The molecule has 1 aliphatic rings. The molecule has 0 fully saturated rings. The van der Waals surface area contributed by atoms with E-state index in [9.17, 15) is 0 Å². The van der Waals surface area contributed by atoms with Crippen LogP contribution in [0.1, 0.15) is 18.5 Å². The molecule has 12 heavy (non-hydrogen) atoms. The first kappa shape index (κ1) is 7.22. The Bertz CT molecular complexity index is 312. The molecule has 1 heterocycles. The van der Waals surface area contributed by atoms with Crippen LogP contribution in [0, 0.1) is 0 Å². The predicted octanol–water partition coefficient (Wildman–Crippen LogP) is 2.21. The van der Waals surface area contributed by atoms with Crippen molar-refractivity contribution in [3.05, 3.63) is 42.5 Å². The third-order valence-electron chi connectivity index (χ3n) is 1.92. The summed E-state index contributed by atoms with van der Waals surface area (Å²) in [5.74, 6) is 0. The van der Waals surface area contributed by atoms with E-state index in [4.69, 9.17) is 0 Å². The van der Waals surface area contributed by atoms with Crippen LogP contribution >= 0.6 is 0 Å². The molecule has 2 nitrogen and oxygen atoms in total. The fourth-order valence-corrected chi connectivity index (χ4v) is 1.30. The van der Waals surface area contributed by atoms with Crippen LogP contribution in [0.25, 0.3) is 5.57 Å². The number of nitrogens with zero attached hydrogens (tertiary/aromatic N) is 2. The molecule has 1 aliphatic carbocycles. The standard InChI is InChI=1S/C10H10N2/c1-2-4-9(5-3-1)10-6-7-11-8-12-10/h1-2,4,6-8H,3,5H2. The molecule has 1 aromatic rings. The molecule has 0 spiro atoms. The van der Waals surface area contributed by atoms with Gasteiger partial charge in [-0.3, -0.25) is 0 Å². The molecule has 0 N–H and O–H groups in total. The second-order valence-electron chi connectivity index (χ2n) is 2.75. The van der Waals surface area contributed by atoms with E-state index >= 15 is 0 Å². The maximum absolute atomic E-state index is 4.19. The van der Waals surface area contributed by atoms with Crippen molar-refractivity contribution in [1.29, 1.82) is 0 Å². The highest BCUT2D eigenvalue weighted by molar-refractivity contribution is 5.64. The minimum Gasteiger partial charge on any atom is -0.245 e. The van der Waals surface area contributed by atoms with Crippen molar-refractivity contribution in [3.63, 3.8) is 0 Å². The molecule has 0 aliphatic heterocycles. The van der Waals surface area contributed by atoms with E-state index in [-0.39, 0.29) is 0 Å². The zero-order chi connectivity index (χ0) is 8.23. The lowest BCUT2D eigenvalue weighted by molar-refractivity contribution is 1.03. The molecule has 0 aromatic carbocycles. The Morgan fingerprint density at radius 2 is 2.33 bits per heavy atom. The summed E-state index contributed by atoms with van der Waals surface area (Å²) in [6.07, 6.45) is 12.0. The SMILES string of the molecule is C1=CCCC(c2ccncn2)=C1. The van der Waals surface area contributed by atoms with Crippen molar-refractivity contribution in [2.75, 3.05) is 0 Å². The highest BCUT2D eigenvalue weighted by atomic mass is 14.8. The Hall–Kier alpha value is -1.44. The molecule has 60 valence electrons. The van der Waals surface area contributed by atoms with E-state index in [1.165, 1.54) is 5.57 Å². The van der Waals surface area contributed by atoms with Crippen LogP contribution < -0.4 is 0 Å². The Kier molecular flexibility index (Phi) is 1.99. The van der Waals surface area contributed by atoms with Gasteiger partial charge < -0.3 is 0 Å². The Morgan fingerprint density at radius 3 is 3.00 bits per heavy atom. The van der Waals surface area contributed by atoms with Crippen LogP contribution in [0.5, 0.6) is 0 Å². The maximum atomic E-state index is 4.19. The Morgan fingerprint density at radius 1 is 1.33 bits per heavy atom. The first-order chi connectivity index (χ1) is 5.97. The fraction of sp³-hybridized carbons (Fsp3) is 0.200. The lowest BCUT2D eigenvalue weighted by atomic mass is 10.0. The molecule has 0 atom stereocenters. The molecule has 0 bridgehead atoms. The van der Waals surface area contributed by atoms with Crippen molar-refractivity contribution < 1.29 is 0 Å². The molecule has 1 aromatic heterocycles. The normalized spacial score (nSPS) is 15.8. The van der Waals surface area contributed by atoms with Crippen molar-refractivity contribution >= 4 is 5.57 Å². The molecule has 2 rings (SSSR count). The summed E-state index contributed by atoms with van der Waals surface area (Å²) in [7, 11) is 0. The molecule has 0 saturated heterocycles. The van der Waals surface area contributed by atoms with Gasteiger partial charge in [-0.1, -0.05) is 18.2 Å². The molecule has 0 amide bonds. The summed E-state index contributed by atoms with van der Waals surface area (Å²) in [6.45, 7) is 0. The van der Waals surface area contributed by atoms with E-state index in [2.05, 4.69) is 28.2 Å². The number of hydrogen-bond acceptors (Lipinski definition) is 2. The third-order valence-corrected chi connectivity index (χ3v) is 1.92. The maximum Gasteiger partial charge on any atom is 0.116 e. The first-order valence-corrected chi connectivity index (χ1v) is 4.09. The largest absolute Gasteiger partial charge is 0.245 e. The number of allylic oxidation sites excluding steroid dienone is 4. The van der Waals surface area contributed by atoms with Gasteiger partial charge in [0.1, 0.15) is 6.33 Å². The van der Waals surface area contributed by atoms with Crippen LogP contribution in [-0.2, 0) is 0 Å². The van der Waals surface area contributed by atoms with E-state index in [1.807, 2.05) is 6.07 Å². The van der Waals surface area contributed by atoms with Crippen molar-refractivity contribution in [1.82, 2.24) is 9.97 Å². The van der Waals surface area contributed by atoms with Gasteiger partial charge in [-0.15, -0.1) is 0 Å². The van der Waals surface area contributed by atoms with Crippen molar-refractivity contribution in [2.24, 2.45) is 0 Å². The van der Waals surface area contributed by atoms with Crippen LogP contribution in [-0.4, -0.2) is 9.97 Å². The molecule has 2 heteroatoms. The van der Waals surface area contributed by atoms with Gasteiger partial charge in [0.25, 0.3) is 0 Å². The third kappa shape index (κ3) is 1.42. The van der Waals surface area contributed by atoms with Gasteiger partial charge in [0, 0.05) is 6.20 Å². The van der Waals surface area contributed by atoms with Crippen LogP contribution in [0.3, 0.4) is 0 Å². The van der Waals surface area contributed by atoms with Crippen LogP contribution in [0.2, 0.25) is 0 Å². The van der Waals surface area contributed by atoms with Crippen LogP contribution in [0.15, 0.2) is 36.8 Å². The average molecular weight is 158 g/mol. The van der Waals surface area contributed by atoms with E-state index in [0.29, 0.717) is 0 Å². The first-order valence-electron chi connectivity index (χ1n) is 4.09. The van der Waals surface area contributed by atoms with Crippen molar-refractivity contribution in [3.8, 4) is 0 Å². The zero-order valence-corrected chi connectivity index (χ0v) is 6.77. The fourth-order valence-electron chi connectivity index (χ4n) is 1.30. The summed E-state index contributed by atoms with van der Waals surface area (Å²) < 4.78 is 0. The van der Waals surface area contributed by atoms with Gasteiger partial charge in [0.15, 0.2) is 0 Å². The van der Waals surface area contributed by atoms with Gasteiger partial charge in [-0.25, -0.2) is 9.97 Å². The van der Waals surface area contributed by atoms with Gasteiger partial charge in [-0.2, -0.15) is 0 Å². The zero-order valence-electron chi connectivity index (χ0n) is 6.77. The van der Waals surface area contributed by atoms with Crippen molar-refractivity contribution in [2.45, 2.75) is 12.8 Å². The summed E-state index contributed by atoms with van der Waals surface area (Å²) in [6, 6.07) is 1.95. The molecular weight excluding hydrogens is 148 g/mol. The highest BCUT2D eigenvalue weighted by Gasteiger charge is 2.02. The Balaban J connectivity index is 2.31. The second-order valence-corrected chi connectivity index (χ2v) is 2.75. The van der Waals surface area contributed by atoms with Gasteiger partial charge in [-0.05, 0) is 24.5 Å². The summed E-state index contributed by atoms with van der Waals surface area (Å²) in [5.41, 5.74) is 2.36. The topological polar surface area (TPSA) is 25.8 Å². The molecular formula is C10H10N2. The summed E-state index contributed by atoms with van der Waals surface area (Å²) in [4.78, 5) is 8.07. The smallest absolute Gasteiger partial charge is 0.116 e. The minimum atomic E-state index is 1.05. The number of rotatable bonds is 1. The van der Waals surface area contributed by atoms with E-state index < -0.39 is 0 Å². The molecule has 0 unspecified atom stereocenters. The Labute approximate surface area is 71.7 Å². The van der Waals surface area contributed by atoms with Gasteiger partial charge in [0.2, 0.25) is 0 Å². The molecule has 0 radical (unpaired) electrons. The monoisotopic (exact) mass is 158 g/mol. The minimum absolute atomic E-state index is 1.05. The molecule has 0 saturated carbocycles. The predicted molar refractivity (Wildman–Crippen MR) is 48.4 cm³/mol. The number of aromatic nitrogens is 2. The quantitative estimate of drug-likeness (QED) is 0.626. The number of hydrogen-bond donors (Lipinski definition) is 0. The van der Waals surface area contributed by atoms with Gasteiger partial charge >= 0.3 is 0 Å². The van der Waals surface area contributed by atoms with E-state index in [0.717, 1.165) is 18.5 Å². The lowest BCUT2D eigenvalue weighted by Crippen LogP contribution is -1.91. The summed E-state index contributed by atoms with van der Waals surface area (Å²) in [5, 5.41) is 0.